The number of carbonyl (C=O) groups excluding carboxylic acids is 2. The molecule has 94 valence electrons. The number of rotatable bonds is 2. The van der Waals surface area contributed by atoms with Gasteiger partial charge in [0.15, 0.2) is 0 Å². The summed E-state index contributed by atoms with van der Waals surface area (Å²) in [6, 6.07) is 0.278. The second-order valence-electron chi connectivity index (χ2n) is 3.10. The van der Waals surface area contributed by atoms with Gasteiger partial charge in [-0.2, -0.15) is 20.8 Å². The summed E-state index contributed by atoms with van der Waals surface area (Å²) in [5.74, 6) is 1.42. The van der Waals surface area contributed by atoms with Crippen molar-refractivity contribution in [2.75, 3.05) is 0 Å². The Morgan fingerprint density at radius 2 is 1.25 bits per heavy atom. The van der Waals surface area contributed by atoms with Crippen LogP contribution in [-0.2, 0) is 29.1 Å². The largest absolute Gasteiger partial charge is 4.00 e. The predicted octanol–water partition coefficient (Wildman–Crippen LogP) is 3.16. The molecule has 0 amide bonds. The van der Waals surface area contributed by atoms with Crippen molar-refractivity contribution >= 4 is 13.6 Å². The van der Waals surface area contributed by atoms with Gasteiger partial charge in [-0.1, -0.05) is 13.8 Å². The van der Waals surface area contributed by atoms with Crippen LogP contribution in [0.15, 0.2) is 0 Å². The molecule has 0 heterocycles. The summed E-state index contributed by atoms with van der Waals surface area (Å²) in [5, 5.41) is 0. The molecule has 0 aliphatic rings. The Bertz CT molecular complexity index is 127. The standard InChI is InChI=1S/C6H11N.C4H9.2CHO.Ru/c1-4-6(5-2)7-3;1-4(2)3;2*1-2;/h6H,4-5H2,1-2H3;1-3H3;2*1H;/q;3*-1;+4. The Morgan fingerprint density at radius 1 is 1.06 bits per heavy atom. The van der Waals surface area contributed by atoms with Crippen LogP contribution in [0.25, 0.3) is 4.85 Å². The van der Waals surface area contributed by atoms with Crippen LogP contribution in [0.5, 0.6) is 0 Å². The minimum Gasteiger partial charge on any atom is -0.545 e. The maximum Gasteiger partial charge on any atom is 4.00 e. The van der Waals surface area contributed by atoms with Crippen molar-refractivity contribution in [1.82, 2.24) is 0 Å². The van der Waals surface area contributed by atoms with Crippen LogP contribution < -0.4 is 0 Å². The Morgan fingerprint density at radius 3 is 1.25 bits per heavy atom. The van der Waals surface area contributed by atoms with E-state index in [0.717, 1.165) is 12.8 Å². The topological polar surface area (TPSA) is 38.5 Å². The number of nitrogens with zero attached hydrogens (tertiary/aromatic N) is 1. The fraction of sp³-hybridized carbons (Fsp3) is 0.667. The second kappa shape index (κ2) is 36.6. The SMILES string of the molecule is C[C-](C)C.[C-]#[N+]C(CC)CC.[CH-]=O.[CH-]=O.[Ru+4]. The van der Waals surface area contributed by atoms with Crippen molar-refractivity contribution in [3.05, 3.63) is 17.3 Å². The van der Waals surface area contributed by atoms with Gasteiger partial charge in [-0.15, -0.1) is 0 Å². The smallest absolute Gasteiger partial charge is 0.545 e. The molecular weight excluding hydrogens is 291 g/mol. The summed E-state index contributed by atoms with van der Waals surface area (Å²) >= 11 is 0. The van der Waals surface area contributed by atoms with Crippen LogP contribution in [0.1, 0.15) is 47.5 Å². The zero-order valence-electron chi connectivity index (χ0n) is 10.8. The van der Waals surface area contributed by atoms with E-state index in [2.05, 4.69) is 39.2 Å². The van der Waals surface area contributed by atoms with Crippen molar-refractivity contribution < 1.29 is 29.1 Å². The van der Waals surface area contributed by atoms with E-state index < -0.39 is 0 Å². The monoisotopic (exact) mass is 314 g/mol. The molecule has 0 N–H and O–H groups in total. The van der Waals surface area contributed by atoms with Gasteiger partial charge >= 0.3 is 19.5 Å². The first-order chi connectivity index (χ1) is 7.08. The van der Waals surface area contributed by atoms with Gasteiger partial charge < -0.3 is 20.4 Å². The first kappa shape index (κ1) is 29.5. The van der Waals surface area contributed by atoms with E-state index in [0.29, 0.717) is 0 Å². The summed E-state index contributed by atoms with van der Waals surface area (Å²) in [5.41, 5.74) is 0. The fourth-order valence-electron chi connectivity index (χ4n) is 0.471. The second-order valence-corrected chi connectivity index (χ2v) is 3.10. The van der Waals surface area contributed by atoms with Gasteiger partial charge in [-0.25, -0.2) is 6.57 Å². The van der Waals surface area contributed by atoms with Crippen LogP contribution in [0.2, 0.25) is 0 Å². The van der Waals surface area contributed by atoms with Crippen molar-refractivity contribution in [2.45, 2.75) is 53.5 Å². The normalized spacial score (nSPS) is 6.62. The molecule has 0 saturated heterocycles. The van der Waals surface area contributed by atoms with Crippen molar-refractivity contribution in [3.63, 3.8) is 0 Å². The summed E-state index contributed by atoms with van der Waals surface area (Å²) in [6.45, 7) is 23.4. The minimum absolute atomic E-state index is 0. The van der Waals surface area contributed by atoms with Gasteiger partial charge in [0, 0.05) is 12.8 Å². The molecule has 0 aromatic heterocycles. The molecule has 0 radical (unpaired) electrons. The maximum atomic E-state index is 7.75. The third kappa shape index (κ3) is 70.2. The average molecular weight is 313 g/mol. The molecule has 0 bridgehead atoms. The molecule has 0 unspecified atom stereocenters. The van der Waals surface area contributed by atoms with Gasteiger partial charge in [-0.3, -0.25) is 13.6 Å². The summed E-state index contributed by atoms with van der Waals surface area (Å²) in [6.07, 6.45) is 2.00. The Hall–Kier alpha value is -0.547. The summed E-state index contributed by atoms with van der Waals surface area (Å²) in [7, 11) is 0. The molecule has 3 nitrogen and oxygen atoms in total. The average Bonchev–Trinajstić information content (AvgIpc) is 2.25. The molecule has 0 aliphatic carbocycles. The van der Waals surface area contributed by atoms with Gasteiger partial charge in [0.05, 0.1) is 0 Å². The Kier molecular flexibility index (Phi) is 67.6. The first-order valence-corrected chi connectivity index (χ1v) is 4.68. The third-order valence-corrected chi connectivity index (χ3v) is 1.13. The van der Waals surface area contributed by atoms with Crippen molar-refractivity contribution in [1.29, 1.82) is 0 Å². The molecule has 0 fully saturated rings. The van der Waals surface area contributed by atoms with Gasteiger partial charge in [-0.05, 0) is 0 Å². The summed E-state index contributed by atoms with van der Waals surface area (Å²) < 4.78 is 0. The molecule has 0 aromatic carbocycles. The van der Waals surface area contributed by atoms with Crippen molar-refractivity contribution in [2.24, 2.45) is 0 Å². The van der Waals surface area contributed by atoms with E-state index in [1.807, 2.05) is 13.8 Å². The molecule has 16 heavy (non-hydrogen) atoms. The molecule has 4 heteroatoms. The molecular formula is C12H22NO2Ru+. The predicted molar refractivity (Wildman–Crippen MR) is 64.7 cm³/mol. The van der Waals surface area contributed by atoms with Crippen LogP contribution >= 0.6 is 0 Å². The zero-order chi connectivity index (χ0) is 13.3. The first-order valence-electron chi connectivity index (χ1n) is 4.68. The van der Waals surface area contributed by atoms with E-state index in [1.54, 1.807) is 0 Å². The fourth-order valence-corrected chi connectivity index (χ4v) is 0.471. The number of hydrogen-bond donors (Lipinski definition) is 0. The van der Waals surface area contributed by atoms with E-state index in [9.17, 15) is 0 Å². The Labute approximate surface area is 114 Å². The number of hydrogen-bond acceptors (Lipinski definition) is 2. The Balaban J connectivity index is -0.0000000388. The van der Waals surface area contributed by atoms with Gasteiger partial charge in [0.25, 0.3) is 0 Å². The van der Waals surface area contributed by atoms with E-state index in [-0.39, 0.29) is 25.5 Å². The molecule has 0 saturated carbocycles. The van der Waals surface area contributed by atoms with E-state index >= 15 is 0 Å². The third-order valence-electron chi connectivity index (χ3n) is 1.13. The van der Waals surface area contributed by atoms with Gasteiger partial charge in [0.1, 0.15) is 0 Å². The summed E-state index contributed by atoms with van der Waals surface area (Å²) in [4.78, 5) is 18.9. The van der Waals surface area contributed by atoms with Crippen LogP contribution in [0.3, 0.4) is 0 Å². The molecule has 0 aliphatic heterocycles. The van der Waals surface area contributed by atoms with E-state index in [1.165, 1.54) is 5.92 Å². The van der Waals surface area contributed by atoms with Crippen molar-refractivity contribution in [3.8, 4) is 0 Å². The molecule has 0 atom stereocenters. The zero-order valence-corrected chi connectivity index (χ0v) is 12.5. The van der Waals surface area contributed by atoms with Crippen LogP contribution in [-0.4, -0.2) is 19.6 Å². The van der Waals surface area contributed by atoms with Gasteiger partial charge in [0.2, 0.25) is 6.04 Å². The van der Waals surface area contributed by atoms with E-state index in [4.69, 9.17) is 16.2 Å². The van der Waals surface area contributed by atoms with Crippen LogP contribution in [0.4, 0.5) is 0 Å². The maximum absolute atomic E-state index is 7.75. The molecule has 0 spiro atoms. The van der Waals surface area contributed by atoms with Crippen LogP contribution in [0, 0.1) is 12.5 Å². The minimum atomic E-state index is 0. The molecule has 0 aromatic rings. The quantitative estimate of drug-likeness (QED) is 0.446. The molecule has 0 rings (SSSR count).